The average Bonchev–Trinajstić information content (AvgIpc) is 3.49. The van der Waals surface area contributed by atoms with E-state index in [9.17, 15) is 14.4 Å². The number of ether oxygens (including phenoxy) is 1. The van der Waals surface area contributed by atoms with E-state index >= 15 is 8.78 Å². The van der Waals surface area contributed by atoms with Crippen molar-refractivity contribution in [2.24, 2.45) is 5.41 Å². The van der Waals surface area contributed by atoms with Gasteiger partial charge in [-0.05, 0) is 45.0 Å². The maximum Gasteiger partial charge on any atom is 0.362 e. The van der Waals surface area contributed by atoms with E-state index in [-0.39, 0.29) is 39.8 Å². The van der Waals surface area contributed by atoms with Crippen LogP contribution in [0.2, 0.25) is 0 Å². The smallest absolute Gasteiger partial charge is 0.362 e. The van der Waals surface area contributed by atoms with Crippen molar-refractivity contribution in [2.75, 3.05) is 0 Å². The first-order valence-electron chi connectivity index (χ1n) is 12.0. The van der Waals surface area contributed by atoms with Crippen LogP contribution in [0.3, 0.4) is 0 Å². The third-order valence-electron chi connectivity index (χ3n) is 6.57. The molecule has 0 bridgehead atoms. The Bertz CT molecular complexity index is 2080. The second-order valence-electron chi connectivity index (χ2n) is 10.2. The van der Waals surface area contributed by atoms with Gasteiger partial charge in [-0.3, -0.25) is 14.2 Å². The van der Waals surface area contributed by atoms with Gasteiger partial charge in [-0.25, -0.2) is 18.6 Å². The van der Waals surface area contributed by atoms with Crippen molar-refractivity contribution >= 4 is 49.8 Å². The zero-order valence-electron chi connectivity index (χ0n) is 21.1. The van der Waals surface area contributed by atoms with Crippen LogP contribution in [0, 0.1) is 17.0 Å². The molecule has 0 saturated carbocycles. The molecule has 198 valence electrons. The van der Waals surface area contributed by atoms with Crippen LogP contribution in [0.5, 0.6) is 0 Å². The minimum atomic E-state index is -0.798. The summed E-state index contributed by atoms with van der Waals surface area (Å²) in [6.45, 7) is 4.20. The molecule has 5 aromatic heterocycles. The highest BCUT2D eigenvalue weighted by Crippen LogP contribution is 2.39. The summed E-state index contributed by atoms with van der Waals surface area (Å²) in [6, 6.07) is 7.13. The van der Waals surface area contributed by atoms with Gasteiger partial charge in [0.05, 0.1) is 34.5 Å². The molecular formula is C28H21F2N3O6. The minimum absolute atomic E-state index is 0.0384. The Hall–Kier alpha value is -4.80. The van der Waals surface area contributed by atoms with Crippen LogP contribution in [-0.4, -0.2) is 20.1 Å². The fourth-order valence-corrected chi connectivity index (χ4v) is 4.66. The second-order valence-corrected chi connectivity index (χ2v) is 10.2. The van der Waals surface area contributed by atoms with E-state index in [2.05, 4.69) is 4.98 Å². The Balaban J connectivity index is 1.55. The summed E-state index contributed by atoms with van der Waals surface area (Å²) < 4.78 is 48.9. The van der Waals surface area contributed by atoms with Crippen LogP contribution < -0.4 is 11.2 Å². The molecule has 1 aromatic carbocycles. The second kappa shape index (κ2) is 8.62. The largest absolute Gasteiger partial charge is 0.463 e. The first-order valence-corrected chi connectivity index (χ1v) is 12.0. The Morgan fingerprint density at radius 2 is 1.87 bits per heavy atom. The van der Waals surface area contributed by atoms with Gasteiger partial charge in [0, 0.05) is 34.8 Å². The summed E-state index contributed by atoms with van der Waals surface area (Å²) in [5, 5.41) is 1.54. The molecule has 5 heterocycles. The maximum atomic E-state index is 15.3. The Labute approximate surface area is 217 Å². The van der Waals surface area contributed by atoms with Gasteiger partial charge in [-0.1, -0.05) is 0 Å². The lowest BCUT2D eigenvalue weighted by atomic mass is 9.98. The van der Waals surface area contributed by atoms with Crippen LogP contribution in [-0.2, 0) is 22.8 Å². The van der Waals surface area contributed by atoms with Crippen molar-refractivity contribution in [3.63, 3.8) is 0 Å². The lowest BCUT2D eigenvalue weighted by Gasteiger charge is -2.17. The number of benzene rings is 1. The minimum Gasteiger partial charge on any atom is -0.463 e. The van der Waals surface area contributed by atoms with Crippen molar-refractivity contribution in [2.45, 2.75) is 34.0 Å². The Morgan fingerprint density at radius 3 is 2.64 bits per heavy atom. The fourth-order valence-electron chi connectivity index (χ4n) is 4.66. The number of furan rings is 1. The van der Waals surface area contributed by atoms with Crippen LogP contribution in [0.4, 0.5) is 8.78 Å². The quantitative estimate of drug-likeness (QED) is 0.291. The van der Waals surface area contributed by atoms with Crippen molar-refractivity contribution in [1.82, 2.24) is 14.1 Å². The third-order valence-corrected chi connectivity index (χ3v) is 6.57. The number of hydrogen-bond acceptors (Lipinski definition) is 7. The molecule has 0 amide bonds. The molecule has 6 aromatic rings. The van der Waals surface area contributed by atoms with Crippen molar-refractivity contribution < 1.29 is 27.1 Å². The number of carbonyl (C=O) groups is 1. The fraction of sp³-hybridized carbons (Fsp3) is 0.214. The standard InChI is InChI=1S/C28H21F2N3O6/c1-28(2,3)27(36)38-13-32-12-18(30)14(9-20(32)34)11-33-19-10-17(29)15-6-8-37-24(15)22(19)21-16-5-4-7-31-25(16)39-26(35)23(21)33/h4-10,12H,11,13H2,1-3H3. The van der Waals surface area contributed by atoms with Gasteiger partial charge in [-0.15, -0.1) is 0 Å². The molecule has 0 radical (unpaired) electrons. The van der Waals surface area contributed by atoms with Gasteiger partial charge in [0.25, 0.3) is 5.56 Å². The molecule has 9 nitrogen and oxygen atoms in total. The van der Waals surface area contributed by atoms with Crippen LogP contribution >= 0.6 is 0 Å². The van der Waals surface area contributed by atoms with Gasteiger partial charge in [0.15, 0.2) is 6.73 Å². The van der Waals surface area contributed by atoms with Crippen LogP contribution in [0.1, 0.15) is 26.3 Å². The lowest BCUT2D eigenvalue weighted by molar-refractivity contribution is -0.157. The first-order chi connectivity index (χ1) is 18.5. The van der Waals surface area contributed by atoms with Gasteiger partial charge in [0.2, 0.25) is 5.71 Å². The number of carbonyl (C=O) groups excluding carboxylic acids is 1. The van der Waals surface area contributed by atoms with Crippen LogP contribution in [0.15, 0.2) is 67.4 Å². The van der Waals surface area contributed by atoms with Crippen molar-refractivity contribution in [1.29, 1.82) is 0 Å². The molecule has 0 aliphatic heterocycles. The molecule has 0 saturated heterocycles. The molecule has 6 rings (SSSR count). The van der Waals surface area contributed by atoms with Gasteiger partial charge in [0.1, 0.15) is 22.7 Å². The van der Waals surface area contributed by atoms with E-state index in [1.807, 2.05) is 0 Å². The summed E-state index contributed by atoms with van der Waals surface area (Å²) in [5.41, 5.74) is -1.69. The van der Waals surface area contributed by atoms with E-state index in [0.717, 1.165) is 16.8 Å². The normalized spacial score (nSPS) is 12.2. The van der Waals surface area contributed by atoms with Crippen LogP contribution in [0.25, 0.3) is 43.9 Å². The molecule has 0 atom stereocenters. The number of rotatable bonds is 4. The van der Waals surface area contributed by atoms with Crippen molar-refractivity contribution in [3.8, 4) is 0 Å². The lowest BCUT2D eigenvalue weighted by Crippen LogP contribution is -2.28. The van der Waals surface area contributed by atoms with E-state index in [1.165, 1.54) is 29.2 Å². The molecule has 0 fully saturated rings. The topological polar surface area (TPSA) is 109 Å². The van der Waals surface area contributed by atoms with E-state index in [0.29, 0.717) is 16.2 Å². The highest BCUT2D eigenvalue weighted by atomic mass is 19.1. The average molecular weight is 533 g/mol. The predicted molar refractivity (Wildman–Crippen MR) is 138 cm³/mol. The third kappa shape index (κ3) is 3.89. The summed E-state index contributed by atoms with van der Waals surface area (Å²) in [5.74, 6) is -1.94. The predicted octanol–water partition coefficient (Wildman–Crippen LogP) is 5.08. The monoisotopic (exact) mass is 533 g/mol. The molecular weight excluding hydrogens is 512 g/mol. The first kappa shape index (κ1) is 24.5. The SMILES string of the molecule is CC(C)(C)C(=O)OCn1cc(F)c(Cn2c3cc(F)c4ccoc4c3c3c4cccnc4oc(=O)c32)cc1=O. The molecule has 0 aliphatic carbocycles. The Morgan fingerprint density at radius 1 is 1.08 bits per heavy atom. The number of pyridine rings is 2. The number of hydrogen-bond donors (Lipinski definition) is 0. The molecule has 0 N–H and O–H groups in total. The highest BCUT2D eigenvalue weighted by Gasteiger charge is 2.25. The summed E-state index contributed by atoms with van der Waals surface area (Å²) in [4.78, 5) is 42.2. The molecule has 39 heavy (non-hydrogen) atoms. The van der Waals surface area contributed by atoms with Gasteiger partial charge in [-0.2, -0.15) is 0 Å². The summed E-state index contributed by atoms with van der Waals surface area (Å²) >= 11 is 0. The molecule has 11 heteroatoms. The number of halogens is 2. The van der Waals surface area contributed by atoms with Crippen molar-refractivity contribution in [3.05, 3.63) is 87.0 Å². The summed E-state index contributed by atoms with van der Waals surface area (Å²) in [6.07, 6.45) is 3.74. The van der Waals surface area contributed by atoms with E-state index < -0.39 is 40.9 Å². The number of nitrogens with zero attached hydrogens (tertiary/aromatic N) is 3. The van der Waals surface area contributed by atoms with Gasteiger partial charge >= 0.3 is 11.6 Å². The molecule has 0 unspecified atom stereocenters. The van der Waals surface area contributed by atoms with Gasteiger partial charge < -0.3 is 18.1 Å². The molecule has 0 spiro atoms. The maximum absolute atomic E-state index is 15.3. The van der Waals surface area contributed by atoms with E-state index in [4.69, 9.17) is 13.6 Å². The number of aromatic nitrogens is 3. The highest BCUT2D eigenvalue weighted by molar-refractivity contribution is 6.25. The summed E-state index contributed by atoms with van der Waals surface area (Å²) in [7, 11) is 0. The number of esters is 1. The number of fused-ring (bicyclic) bond motifs is 7. The Kier molecular flexibility index (Phi) is 5.42. The van der Waals surface area contributed by atoms with E-state index in [1.54, 1.807) is 32.9 Å². The molecule has 0 aliphatic rings. The zero-order valence-corrected chi connectivity index (χ0v) is 21.1. The zero-order chi connectivity index (χ0) is 27.6.